The van der Waals surface area contributed by atoms with Crippen LogP contribution in [-0.2, 0) is 23.4 Å². The van der Waals surface area contributed by atoms with Gasteiger partial charge in [0.2, 0.25) is 0 Å². The lowest BCUT2D eigenvalue weighted by Gasteiger charge is -2.28. The lowest BCUT2D eigenvalue weighted by Crippen LogP contribution is -2.45. The molecule has 2 aliphatic carbocycles. The average Bonchev–Trinajstić information content (AvgIpc) is 3.25. The molecule has 2 aromatic heterocycles. The molecule has 3 unspecified atom stereocenters. The minimum absolute atomic E-state index is 0.166. The van der Waals surface area contributed by atoms with E-state index in [1.807, 2.05) is 0 Å². The van der Waals surface area contributed by atoms with Crippen LogP contribution in [0.15, 0.2) is 42.9 Å². The van der Waals surface area contributed by atoms with Crippen molar-refractivity contribution >= 4 is 42.2 Å². The van der Waals surface area contributed by atoms with E-state index in [1.54, 1.807) is 24.4 Å². The van der Waals surface area contributed by atoms with E-state index in [9.17, 15) is 19.6 Å². The summed E-state index contributed by atoms with van der Waals surface area (Å²) in [4.78, 5) is 21.3. The maximum absolute atomic E-state index is 14.2. The monoisotopic (exact) mass is 621 g/mol. The molecule has 1 saturated heterocycles. The van der Waals surface area contributed by atoms with Gasteiger partial charge in [0.05, 0.1) is 12.0 Å². The highest BCUT2D eigenvalue weighted by Gasteiger charge is 2.58. The molecule has 5 atom stereocenters. The summed E-state index contributed by atoms with van der Waals surface area (Å²) in [6.07, 6.45) is 3.42. The van der Waals surface area contributed by atoms with Gasteiger partial charge in [-0.05, 0) is 75.8 Å². The van der Waals surface area contributed by atoms with Gasteiger partial charge >= 0.3 is 13.7 Å². The van der Waals surface area contributed by atoms with E-state index in [4.69, 9.17) is 35.9 Å². The third-order valence-corrected chi connectivity index (χ3v) is 9.96. The molecule has 13 nitrogen and oxygen atoms in total. The van der Waals surface area contributed by atoms with Crippen molar-refractivity contribution < 1.29 is 38.1 Å². The first-order chi connectivity index (χ1) is 20.0. The Morgan fingerprint density at radius 2 is 1.95 bits per heavy atom. The number of esters is 1. The third-order valence-electron chi connectivity index (χ3n) is 8.06. The number of halogens is 1. The van der Waals surface area contributed by atoms with Crippen LogP contribution in [0.4, 0.5) is 5.82 Å². The van der Waals surface area contributed by atoms with Gasteiger partial charge in [0.25, 0.3) is 0 Å². The molecule has 5 N–H and O–H groups in total. The summed E-state index contributed by atoms with van der Waals surface area (Å²) >= 11 is 6.00. The minimum atomic E-state index is -4.27. The molecule has 2 saturated carbocycles. The summed E-state index contributed by atoms with van der Waals surface area (Å²) in [7, 11) is -4.27. The smallest absolute Gasteiger partial charge is 0.459 e. The number of nitrogens with zero attached hydrogens (tertiary/aromatic N) is 3. The molecule has 0 amide bonds. The fourth-order valence-electron chi connectivity index (χ4n) is 5.46. The van der Waals surface area contributed by atoms with Crippen LogP contribution in [0.5, 0.6) is 5.75 Å². The predicted octanol–water partition coefficient (Wildman–Crippen LogP) is 3.49. The maximum atomic E-state index is 14.2. The number of nitrogens with two attached hydrogens (primary N) is 1. The largest absolute Gasteiger partial charge is 0.461 e. The molecule has 226 valence electrons. The SMILES string of the molecule is C[C@]1(O)C(n2ccc3c(N)ncnc32)OC(COP(=O)(NC2(C(=O)OC3CCCC3)CC2)Oc2ccc(Cl)cc2)[C@H]1O. The Morgan fingerprint density at radius 3 is 2.64 bits per heavy atom. The number of hydrogen-bond acceptors (Lipinski definition) is 11. The quantitative estimate of drug-likeness (QED) is 0.191. The van der Waals surface area contributed by atoms with E-state index >= 15 is 0 Å². The van der Waals surface area contributed by atoms with Crippen molar-refractivity contribution in [2.24, 2.45) is 0 Å². The molecular formula is C27H33ClN5O8P. The summed E-state index contributed by atoms with van der Waals surface area (Å²) in [6.45, 7) is 0.967. The predicted molar refractivity (Wildman–Crippen MR) is 152 cm³/mol. The zero-order chi connectivity index (χ0) is 29.7. The zero-order valence-corrected chi connectivity index (χ0v) is 24.5. The van der Waals surface area contributed by atoms with E-state index in [-0.39, 0.29) is 17.7 Å². The van der Waals surface area contributed by atoms with Gasteiger partial charge in [-0.3, -0.25) is 9.32 Å². The molecule has 3 aliphatic rings. The van der Waals surface area contributed by atoms with Crippen LogP contribution in [0.3, 0.4) is 0 Å². The molecular weight excluding hydrogens is 589 g/mol. The summed E-state index contributed by atoms with van der Waals surface area (Å²) in [5.74, 6) is -0.0634. The third kappa shape index (κ3) is 5.62. The topological polar surface area (TPSA) is 180 Å². The van der Waals surface area contributed by atoms with E-state index in [2.05, 4.69) is 15.1 Å². The Bertz CT molecular complexity index is 1510. The zero-order valence-electron chi connectivity index (χ0n) is 22.9. The number of anilines is 1. The van der Waals surface area contributed by atoms with Crippen LogP contribution in [0.1, 0.15) is 51.7 Å². The van der Waals surface area contributed by atoms with Crippen molar-refractivity contribution in [3.05, 3.63) is 47.9 Å². The molecule has 15 heteroatoms. The molecule has 0 bridgehead atoms. The van der Waals surface area contributed by atoms with Crippen LogP contribution < -0.4 is 15.3 Å². The number of aliphatic hydroxyl groups is 2. The summed E-state index contributed by atoms with van der Waals surface area (Å²) < 4.78 is 39.1. The number of carbonyl (C=O) groups excluding carboxylic acids is 1. The number of aliphatic hydroxyl groups excluding tert-OH is 1. The number of fused-ring (bicyclic) bond motifs is 1. The van der Waals surface area contributed by atoms with Crippen molar-refractivity contribution in [2.45, 2.75) is 81.1 Å². The first-order valence-electron chi connectivity index (χ1n) is 13.8. The fourth-order valence-corrected chi connectivity index (χ4v) is 7.33. The van der Waals surface area contributed by atoms with Crippen LogP contribution in [0, 0.1) is 0 Å². The molecule has 42 heavy (non-hydrogen) atoms. The Hall–Kier alpha value is -2.77. The van der Waals surface area contributed by atoms with E-state index in [0.29, 0.717) is 28.9 Å². The Balaban J connectivity index is 1.21. The second-order valence-electron chi connectivity index (χ2n) is 11.3. The number of ether oxygens (including phenoxy) is 2. The average molecular weight is 622 g/mol. The van der Waals surface area contributed by atoms with E-state index < -0.39 is 49.9 Å². The number of aromatic nitrogens is 3. The number of benzene rings is 1. The van der Waals surface area contributed by atoms with Gasteiger partial charge in [-0.2, -0.15) is 5.09 Å². The fraction of sp³-hybridized carbons (Fsp3) is 0.519. The van der Waals surface area contributed by atoms with Gasteiger partial charge in [0.1, 0.15) is 53.0 Å². The molecule has 0 spiro atoms. The molecule has 3 fully saturated rings. The highest BCUT2D eigenvalue weighted by Crippen LogP contribution is 2.53. The standard InChI is InChI=1S/C27H33ClN5O8P/c1-26(36)21(34)20(40-24(26)33-13-10-19-22(29)30-15-31-23(19)33)14-38-42(37,41-18-8-6-16(28)7-9-18)32-27(11-12-27)25(35)39-17-4-2-3-5-17/h6-10,13,15,17,20-21,24,34,36H,2-5,11-12,14H2,1H3,(H,32,37)(H2,29,30,31)/t20?,21-,24?,26-,42?/m1/s1. The number of rotatable bonds is 10. The number of nitrogens with one attached hydrogen (secondary N) is 1. The van der Waals surface area contributed by atoms with Crippen molar-refractivity contribution in [1.29, 1.82) is 0 Å². The Kier molecular flexibility index (Phi) is 7.72. The van der Waals surface area contributed by atoms with E-state index in [0.717, 1.165) is 25.7 Å². The number of nitrogen functional groups attached to an aromatic ring is 1. The lowest BCUT2D eigenvalue weighted by atomic mass is 9.96. The molecule has 1 aliphatic heterocycles. The van der Waals surface area contributed by atoms with Gasteiger partial charge in [-0.15, -0.1) is 0 Å². The van der Waals surface area contributed by atoms with Gasteiger partial charge < -0.3 is 34.5 Å². The van der Waals surface area contributed by atoms with Gasteiger partial charge in [0.15, 0.2) is 6.23 Å². The van der Waals surface area contributed by atoms with Gasteiger partial charge in [-0.25, -0.2) is 14.5 Å². The van der Waals surface area contributed by atoms with Gasteiger partial charge in [-0.1, -0.05) is 11.6 Å². The maximum Gasteiger partial charge on any atom is 0.459 e. The molecule has 3 aromatic rings. The second-order valence-corrected chi connectivity index (χ2v) is 13.4. The Labute approximate surface area is 246 Å². The van der Waals surface area contributed by atoms with Gasteiger partial charge in [0, 0.05) is 11.2 Å². The summed E-state index contributed by atoms with van der Waals surface area (Å²) in [5, 5.41) is 26.1. The van der Waals surface area contributed by atoms with Crippen LogP contribution >= 0.6 is 19.3 Å². The molecule has 3 heterocycles. The van der Waals surface area contributed by atoms with Crippen LogP contribution in [0.2, 0.25) is 5.02 Å². The van der Waals surface area contributed by atoms with Crippen LogP contribution in [0.25, 0.3) is 11.0 Å². The summed E-state index contributed by atoms with van der Waals surface area (Å²) in [6, 6.07) is 7.83. The van der Waals surface area contributed by atoms with E-state index in [1.165, 1.54) is 30.0 Å². The molecule has 0 radical (unpaired) electrons. The Morgan fingerprint density at radius 1 is 1.24 bits per heavy atom. The molecule has 1 aromatic carbocycles. The first kappa shape index (κ1) is 29.3. The first-order valence-corrected chi connectivity index (χ1v) is 15.7. The summed E-state index contributed by atoms with van der Waals surface area (Å²) in [5.41, 5.74) is 3.33. The lowest BCUT2D eigenvalue weighted by molar-refractivity contribution is -0.152. The number of carbonyl (C=O) groups is 1. The minimum Gasteiger partial charge on any atom is -0.461 e. The normalized spacial score (nSPS) is 28.5. The van der Waals surface area contributed by atoms with Crippen molar-refractivity contribution in [1.82, 2.24) is 19.6 Å². The molecule has 6 rings (SSSR count). The van der Waals surface area contributed by atoms with Crippen LogP contribution in [-0.4, -0.2) is 66.8 Å². The van der Waals surface area contributed by atoms with Crippen molar-refractivity contribution in [3.8, 4) is 5.75 Å². The van der Waals surface area contributed by atoms with Crippen molar-refractivity contribution in [3.63, 3.8) is 0 Å². The highest BCUT2D eigenvalue weighted by atomic mass is 35.5. The van der Waals surface area contributed by atoms with Crippen molar-refractivity contribution in [2.75, 3.05) is 12.3 Å². The highest BCUT2D eigenvalue weighted by molar-refractivity contribution is 7.52. The number of hydrogen-bond donors (Lipinski definition) is 4. The second kappa shape index (κ2) is 11.1.